The molecule has 17 heavy (non-hydrogen) atoms. The zero-order chi connectivity index (χ0) is 13.0. The summed E-state index contributed by atoms with van der Waals surface area (Å²) < 4.78 is 0. The Morgan fingerprint density at radius 1 is 1.35 bits per heavy atom. The molecule has 0 bridgehead atoms. The van der Waals surface area contributed by atoms with Crippen LogP contribution in [0.5, 0.6) is 0 Å². The summed E-state index contributed by atoms with van der Waals surface area (Å²) in [5, 5.41) is 8.50. The lowest BCUT2D eigenvalue weighted by Gasteiger charge is -2.27. The van der Waals surface area contributed by atoms with Crippen LogP contribution in [0.15, 0.2) is 0 Å². The van der Waals surface area contributed by atoms with Crippen molar-refractivity contribution in [1.82, 2.24) is 10.2 Å². The summed E-state index contributed by atoms with van der Waals surface area (Å²) in [5.41, 5.74) is 9.05. The van der Waals surface area contributed by atoms with Gasteiger partial charge in [0.05, 0.1) is 5.69 Å². The fourth-order valence-corrected chi connectivity index (χ4v) is 2.44. The van der Waals surface area contributed by atoms with Crippen LogP contribution in [0.3, 0.4) is 0 Å². The van der Waals surface area contributed by atoms with E-state index in [0.29, 0.717) is 12.6 Å². The Bertz CT molecular complexity index is 381. The Kier molecular flexibility index (Phi) is 5.21. The third kappa shape index (κ3) is 3.10. The fourth-order valence-electron chi connectivity index (χ4n) is 1.73. The number of anilines is 1. The Morgan fingerprint density at radius 3 is 2.53 bits per heavy atom. The molecule has 0 aromatic carbocycles. The van der Waals surface area contributed by atoms with E-state index in [1.165, 1.54) is 0 Å². The average Bonchev–Trinajstić information content (AvgIpc) is 2.31. The van der Waals surface area contributed by atoms with Gasteiger partial charge in [-0.25, -0.2) is 0 Å². The van der Waals surface area contributed by atoms with Crippen molar-refractivity contribution in [3.63, 3.8) is 0 Å². The zero-order valence-corrected chi connectivity index (χ0v) is 12.1. The fraction of sp³-hybridized carbons (Fsp3) is 0.667. The monoisotopic (exact) mass is 254 g/mol. The number of thioether (sulfide) groups is 1. The summed E-state index contributed by atoms with van der Waals surface area (Å²) >= 11 is 1.83. The highest BCUT2D eigenvalue weighted by molar-refractivity contribution is 7.98. The first-order valence-corrected chi connectivity index (χ1v) is 7.16. The number of hydrogen-bond acceptors (Lipinski definition) is 5. The molecule has 0 radical (unpaired) electrons. The molecule has 96 valence electrons. The summed E-state index contributed by atoms with van der Waals surface area (Å²) in [7, 11) is 2.05. The SMILES string of the molecule is CSCC(C)N(C)c1nnc(C)c(C)c1CN. The molecule has 0 saturated heterocycles. The van der Waals surface area contributed by atoms with E-state index < -0.39 is 0 Å². The van der Waals surface area contributed by atoms with E-state index in [2.05, 4.69) is 42.2 Å². The molecule has 0 amide bonds. The van der Waals surface area contributed by atoms with Crippen molar-refractivity contribution in [1.29, 1.82) is 0 Å². The van der Waals surface area contributed by atoms with Crippen molar-refractivity contribution in [3.05, 3.63) is 16.8 Å². The molecule has 4 nitrogen and oxygen atoms in total. The number of rotatable bonds is 5. The molecule has 1 aromatic rings. The highest BCUT2D eigenvalue weighted by Crippen LogP contribution is 2.22. The lowest BCUT2D eigenvalue weighted by Crippen LogP contribution is -2.33. The maximum absolute atomic E-state index is 5.83. The molecule has 2 N–H and O–H groups in total. The van der Waals surface area contributed by atoms with Gasteiger partial charge in [0.1, 0.15) is 0 Å². The van der Waals surface area contributed by atoms with E-state index in [4.69, 9.17) is 5.73 Å². The van der Waals surface area contributed by atoms with Gasteiger partial charge in [0, 0.05) is 31.0 Å². The molecule has 0 aliphatic heterocycles. The van der Waals surface area contributed by atoms with Crippen LogP contribution in [-0.4, -0.2) is 35.3 Å². The number of hydrogen-bond donors (Lipinski definition) is 1. The maximum atomic E-state index is 5.83. The van der Waals surface area contributed by atoms with Crippen molar-refractivity contribution in [2.45, 2.75) is 33.4 Å². The molecule has 5 heteroatoms. The quantitative estimate of drug-likeness (QED) is 0.867. The predicted octanol–water partition coefficient (Wildman–Crippen LogP) is 1.74. The van der Waals surface area contributed by atoms with Gasteiger partial charge in [-0.1, -0.05) is 0 Å². The average molecular weight is 254 g/mol. The smallest absolute Gasteiger partial charge is 0.156 e. The molecule has 0 aliphatic rings. The van der Waals surface area contributed by atoms with E-state index in [-0.39, 0.29) is 0 Å². The molecule has 1 atom stereocenters. The standard InChI is InChI=1S/C12H22N4S/c1-8(7-17-5)16(4)12-11(6-13)9(2)10(3)14-15-12/h8H,6-7,13H2,1-5H3. The first-order chi connectivity index (χ1) is 8.02. The zero-order valence-electron chi connectivity index (χ0n) is 11.3. The Labute approximate surface area is 108 Å². The van der Waals surface area contributed by atoms with Crippen LogP contribution in [0, 0.1) is 13.8 Å². The van der Waals surface area contributed by atoms with Crippen molar-refractivity contribution in [2.75, 3.05) is 24.0 Å². The third-order valence-electron chi connectivity index (χ3n) is 3.17. The third-order valence-corrected chi connectivity index (χ3v) is 3.98. The molecular weight excluding hydrogens is 232 g/mol. The van der Waals surface area contributed by atoms with E-state index in [1.807, 2.05) is 18.7 Å². The molecule has 1 unspecified atom stereocenters. The van der Waals surface area contributed by atoms with Gasteiger partial charge >= 0.3 is 0 Å². The van der Waals surface area contributed by atoms with Crippen LogP contribution in [0.1, 0.15) is 23.7 Å². The molecular formula is C12H22N4S. The van der Waals surface area contributed by atoms with Crippen molar-refractivity contribution in [3.8, 4) is 0 Å². The summed E-state index contributed by atoms with van der Waals surface area (Å²) in [6.07, 6.45) is 2.11. The Hall–Kier alpha value is -0.810. The van der Waals surface area contributed by atoms with Gasteiger partial charge in [0.15, 0.2) is 5.82 Å². The number of aryl methyl sites for hydroxylation is 1. The van der Waals surface area contributed by atoms with Crippen LogP contribution in [0.25, 0.3) is 0 Å². The highest BCUT2D eigenvalue weighted by atomic mass is 32.2. The largest absolute Gasteiger partial charge is 0.354 e. The summed E-state index contributed by atoms with van der Waals surface area (Å²) in [5.74, 6) is 1.98. The Morgan fingerprint density at radius 2 is 2.00 bits per heavy atom. The summed E-state index contributed by atoms with van der Waals surface area (Å²) in [6.45, 7) is 6.72. The molecule has 0 saturated carbocycles. The minimum atomic E-state index is 0.423. The minimum Gasteiger partial charge on any atom is -0.354 e. The molecule has 0 fully saturated rings. The number of aromatic nitrogens is 2. The lowest BCUT2D eigenvalue weighted by molar-refractivity contribution is 0.729. The van der Waals surface area contributed by atoms with E-state index in [0.717, 1.165) is 28.4 Å². The Balaban J connectivity index is 3.09. The number of nitrogens with two attached hydrogens (primary N) is 1. The first kappa shape index (κ1) is 14.3. The summed E-state index contributed by atoms with van der Waals surface area (Å²) in [4.78, 5) is 2.16. The van der Waals surface area contributed by atoms with Gasteiger partial charge in [-0.2, -0.15) is 16.9 Å². The molecule has 1 aromatic heterocycles. The molecule has 0 spiro atoms. The van der Waals surface area contributed by atoms with Crippen molar-refractivity contribution >= 4 is 17.6 Å². The van der Waals surface area contributed by atoms with Gasteiger partial charge in [0.2, 0.25) is 0 Å². The second-order valence-electron chi connectivity index (χ2n) is 4.33. The van der Waals surface area contributed by atoms with Crippen molar-refractivity contribution in [2.24, 2.45) is 5.73 Å². The molecule has 1 rings (SSSR count). The highest BCUT2D eigenvalue weighted by Gasteiger charge is 2.17. The van der Waals surface area contributed by atoms with Crippen LogP contribution in [-0.2, 0) is 6.54 Å². The first-order valence-electron chi connectivity index (χ1n) is 5.77. The van der Waals surface area contributed by atoms with E-state index >= 15 is 0 Å². The molecule has 1 heterocycles. The van der Waals surface area contributed by atoms with Gasteiger partial charge in [0.25, 0.3) is 0 Å². The van der Waals surface area contributed by atoms with Crippen molar-refractivity contribution < 1.29 is 0 Å². The van der Waals surface area contributed by atoms with Crippen LogP contribution < -0.4 is 10.6 Å². The second-order valence-corrected chi connectivity index (χ2v) is 5.24. The maximum Gasteiger partial charge on any atom is 0.156 e. The normalized spacial score (nSPS) is 12.6. The minimum absolute atomic E-state index is 0.423. The van der Waals surface area contributed by atoms with E-state index in [9.17, 15) is 0 Å². The van der Waals surface area contributed by atoms with Gasteiger partial charge in [-0.05, 0) is 32.6 Å². The van der Waals surface area contributed by atoms with Crippen LogP contribution in [0.4, 0.5) is 5.82 Å². The number of nitrogens with zero attached hydrogens (tertiary/aromatic N) is 3. The van der Waals surface area contributed by atoms with Crippen LogP contribution in [0.2, 0.25) is 0 Å². The lowest BCUT2D eigenvalue weighted by atomic mass is 10.1. The predicted molar refractivity (Wildman–Crippen MR) is 75.6 cm³/mol. The van der Waals surface area contributed by atoms with E-state index in [1.54, 1.807) is 0 Å². The molecule has 0 aliphatic carbocycles. The van der Waals surface area contributed by atoms with Gasteiger partial charge in [-0.3, -0.25) is 0 Å². The second kappa shape index (κ2) is 6.21. The van der Waals surface area contributed by atoms with Gasteiger partial charge in [-0.15, -0.1) is 5.10 Å². The topological polar surface area (TPSA) is 55.0 Å². The van der Waals surface area contributed by atoms with Gasteiger partial charge < -0.3 is 10.6 Å². The summed E-state index contributed by atoms with van der Waals surface area (Å²) in [6, 6.07) is 0.423. The van der Waals surface area contributed by atoms with Crippen LogP contribution >= 0.6 is 11.8 Å².